The summed E-state index contributed by atoms with van der Waals surface area (Å²) in [6.07, 6.45) is 0.845. The number of halogens is 1. The Bertz CT molecular complexity index is 1010. The summed E-state index contributed by atoms with van der Waals surface area (Å²) in [4.78, 5) is 14.1. The van der Waals surface area contributed by atoms with Crippen LogP contribution in [-0.2, 0) is 6.54 Å². The maximum Gasteiger partial charge on any atom is 0.339 e. The summed E-state index contributed by atoms with van der Waals surface area (Å²) in [5, 5.41) is 0.928. The van der Waals surface area contributed by atoms with Crippen molar-refractivity contribution in [3.8, 4) is 5.75 Å². The van der Waals surface area contributed by atoms with Crippen LogP contribution in [-0.4, -0.2) is 24.6 Å². The molecule has 1 heterocycles. The Morgan fingerprint density at radius 1 is 1.11 bits per heavy atom. The number of ether oxygens (including phenoxy) is 1. The molecule has 0 aliphatic heterocycles. The molecule has 2 aromatic carbocycles. The molecule has 0 atom stereocenters. The SMILES string of the molecule is CCN(CCCOc1ccc2c(C)c(C)c(=O)oc2c1)Cc1cccc(F)c1. The highest BCUT2D eigenvalue weighted by atomic mass is 19.1. The second kappa shape index (κ2) is 9.02. The molecule has 0 unspecified atom stereocenters. The van der Waals surface area contributed by atoms with Crippen LogP contribution in [0, 0.1) is 19.7 Å². The van der Waals surface area contributed by atoms with E-state index in [2.05, 4.69) is 11.8 Å². The van der Waals surface area contributed by atoms with Crippen molar-refractivity contribution in [1.29, 1.82) is 0 Å². The summed E-state index contributed by atoms with van der Waals surface area (Å²) in [6.45, 7) is 8.80. The molecule has 0 saturated carbocycles. The lowest BCUT2D eigenvalue weighted by atomic mass is 10.1. The molecule has 0 aliphatic rings. The summed E-state index contributed by atoms with van der Waals surface area (Å²) < 4.78 is 24.6. The van der Waals surface area contributed by atoms with E-state index in [1.165, 1.54) is 6.07 Å². The van der Waals surface area contributed by atoms with Gasteiger partial charge < -0.3 is 9.15 Å². The van der Waals surface area contributed by atoms with E-state index >= 15 is 0 Å². The molecule has 0 fully saturated rings. The second-order valence-corrected chi connectivity index (χ2v) is 7.00. The predicted octanol–water partition coefficient (Wildman–Crippen LogP) is 4.84. The molecule has 1 aromatic heterocycles. The minimum absolute atomic E-state index is 0.203. The summed E-state index contributed by atoms with van der Waals surface area (Å²) in [5.74, 6) is 0.484. The molecule has 0 spiro atoms. The van der Waals surface area contributed by atoms with E-state index in [4.69, 9.17) is 9.15 Å². The van der Waals surface area contributed by atoms with Crippen molar-refractivity contribution in [2.75, 3.05) is 19.7 Å². The molecule has 4 nitrogen and oxygen atoms in total. The summed E-state index contributed by atoms with van der Waals surface area (Å²) in [7, 11) is 0. The zero-order valence-electron chi connectivity index (χ0n) is 16.6. The van der Waals surface area contributed by atoms with Crippen molar-refractivity contribution in [1.82, 2.24) is 4.90 Å². The summed E-state index contributed by atoms with van der Waals surface area (Å²) in [5.41, 5.74) is 2.79. The Morgan fingerprint density at radius 2 is 1.93 bits per heavy atom. The molecule has 3 aromatic rings. The number of rotatable bonds is 8. The first kappa shape index (κ1) is 20.1. The van der Waals surface area contributed by atoms with Crippen molar-refractivity contribution in [2.45, 2.75) is 33.7 Å². The van der Waals surface area contributed by atoms with Crippen LogP contribution in [0.4, 0.5) is 4.39 Å². The van der Waals surface area contributed by atoms with Crippen LogP contribution in [0.25, 0.3) is 11.0 Å². The number of nitrogens with zero attached hydrogens (tertiary/aromatic N) is 1. The van der Waals surface area contributed by atoms with Gasteiger partial charge in [-0.1, -0.05) is 19.1 Å². The van der Waals surface area contributed by atoms with E-state index < -0.39 is 0 Å². The van der Waals surface area contributed by atoms with Crippen molar-refractivity contribution >= 4 is 11.0 Å². The van der Waals surface area contributed by atoms with E-state index in [0.29, 0.717) is 30.0 Å². The molecule has 0 radical (unpaired) electrons. The molecule has 0 amide bonds. The van der Waals surface area contributed by atoms with Crippen LogP contribution in [0.5, 0.6) is 5.75 Å². The van der Waals surface area contributed by atoms with Crippen molar-refractivity contribution in [2.24, 2.45) is 0 Å². The third kappa shape index (κ3) is 4.78. The van der Waals surface area contributed by atoms with Crippen molar-refractivity contribution < 1.29 is 13.5 Å². The Morgan fingerprint density at radius 3 is 2.68 bits per heavy atom. The lowest BCUT2D eigenvalue weighted by Gasteiger charge is -2.20. The Kier molecular flexibility index (Phi) is 6.47. The largest absolute Gasteiger partial charge is 0.493 e. The first-order chi connectivity index (χ1) is 13.5. The number of benzene rings is 2. The molecule has 0 bridgehead atoms. The minimum atomic E-state index is -0.307. The molecular weight excluding hydrogens is 357 g/mol. The maximum atomic E-state index is 13.3. The van der Waals surface area contributed by atoms with E-state index in [1.54, 1.807) is 25.1 Å². The number of fused-ring (bicyclic) bond motifs is 1. The van der Waals surface area contributed by atoms with Crippen molar-refractivity contribution in [3.05, 3.63) is 75.4 Å². The normalized spacial score (nSPS) is 11.3. The highest BCUT2D eigenvalue weighted by Crippen LogP contribution is 2.24. The van der Waals surface area contributed by atoms with Crippen LogP contribution in [0.3, 0.4) is 0 Å². The lowest BCUT2D eigenvalue weighted by Crippen LogP contribution is -2.25. The third-order valence-electron chi connectivity index (χ3n) is 5.06. The molecule has 0 aliphatic carbocycles. The quantitative estimate of drug-likeness (QED) is 0.412. The van der Waals surface area contributed by atoms with Gasteiger partial charge in [-0.25, -0.2) is 9.18 Å². The summed E-state index contributed by atoms with van der Waals surface area (Å²) >= 11 is 0. The highest BCUT2D eigenvalue weighted by molar-refractivity contribution is 5.82. The van der Waals surface area contributed by atoms with Gasteiger partial charge in [-0.05, 0) is 62.2 Å². The first-order valence-electron chi connectivity index (χ1n) is 9.61. The van der Waals surface area contributed by atoms with Crippen molar-refractivity contribution in [3.63, 3.8) is 0 Å². The van der Waals surface area contributed by atoms with E-state index in [9.17, 15) is 9.18 Å². The monoisotopic (exact) mass is 383 g/mol. The van der Waals surface area contributed by atoms with Crippen LogP contribution in [0.2, 0.25) is 0 Å². The average Bonchev–Trinajstić information content (AvgIpc) is 2.68. The first-order valence-corrected chi connectivity index (χ1v) is 9.61. The van der Waals surface area contributed by atoms with Gasteiger partial charge in [0.2, 0.25) is 0 Å². The lowest BCUT2D eigenvalue weighted by molar-refractivity contribution is 0.236. The van der Waals surface area contributed by atoms with E-state index in [-0.39, 0.29) is 11.4 Å². The second-order valence-electron chi connectivity index (χ2n) is 7.00. The van der Waals surface area contributed by atoms with Gasteiger partial charge in [0.05, 0.1) is 6.61 Å². The molecule has 0 N–H and O–H groups in total. The molecule has 148 valence electrons. The summed E-state index contributed by atoms with van der Waals surface area (Å²) in [6, 6.07) is 12.3. The topological polar surface area (TPSA) is 42.7 Å². The van der Waals surface area contributed by atoms with Gasteiger partial charge in [0, 0.05) is 30.1 Å². The highest BCUT2D eigenvalue weighted by Gasteiger charge is 2.09. The van der Waals surface area contributed by atoms with Crippen LogP contribution < -0.4 is 10.4 Å². The van der Waals surface area contributed by atoms with Gasteiger partial charge in [0.1, 0.15) is 17.1 Å². The van der Waals surface area contributed by atoms with Crippen LogP contribution in [0.15, 0.2) is 51.7 Å². The van der Waals surface area contributed by atoms with Crippen LogP contribution in [0.1, 0.15) is 30.0 Å². The maximum absolute atomic E-state index is 13.3. The molecule has 28 heavy (non-hydrogen) atoms. The molecule has 5 heteroatoms. The smallest absolute Gasteiger partial charge is 0.339 e. The fourth-order valence-corrected chi connectivity index (χ4v) is 3.24. The van der Waals surface area contributed by atoms with Crippen LogP contribution >= 0.6 is 0 Å². The van der Waals surface area contributed by atoms with Gasteiger partial charge in [0.15, 0.2) is 0 Å². The average molecular weight is 383 g/mol. The zero-order chi connectivity index (χ0) is 20.1. The number of hydrogen-bond acceptors (Lipinski definition) is 4. The van der Waals surface area contributed by atoms with Gasteiger partial charge in [0.25, 0.3) is 0 Å². The fourth-order valence-electron chi connectivity index (χ4n) is 3.24. The molecular formula is C23H26FNO3. The number of hydrogen-bond donors (Lipinski definition) is 0. The standard InChI is InChI=1S/C23H26FNO3/c1-4-25(15-18-7-5-8-19(24)13-18)11-6-12-27-20-9-10-21-16(2)17(3)23(26)28-22(21)14-20/h5,7-10,13-14H,4,6,11-12,15H2,1-3H3. The number of aryl methyl sites for hydroxylation is 1. The Hall–Kier alpha value is -2.66. The Balaban J connectivity index is 1.55. The zero-order valence-corrected chi connectivity index (χ0v) is 16.6. The molecule has 0 saturated heterocycles. The van der Waals surface area contributed by atoms with E-state index in [0.717, 1.165) is 36.0 Å². The fraction of sp³-hybridized carbons (Fsp3) is 0.348. The van der Waals surface area contributed by atoms with Gasteiger partial charge >= 0.3 is 5.63 Å². The van der Waals surface area contributed by atoms with Gasteiger partial charge in [-0.3, -0.25) is 4.90 Å². The molecule has 3 rings (SSSR count). The Labute approximate surface area is 164 Å². The van der Waals surface area contributed by atoms with Gasteiger partial charge in [-0.2, -0.15) is 0 Å². The van der Waals surface area contributed by atoms with Gasteiger partial charge in [-0.15, -0.1) is 0 Å². The third-order valence-corrected chi connectivity index (χ3v) is 5.06. The minimum Gasteiger partial charge on any atom is -0.493 e. The predicted molar refractivity (Wildman–Crippen MR) is 109 cm³/mol. The van der Waals surface area contributed by atoms with E-state index in [1.807, 2.05) is 25.1 Å².